The van der Waals surface area contributed by atoms with E-state index < -0.39 is 5.92 Å². The van der Waals surface area contributed by atoms with Crippen LogP contribution in [0.25, 0.3) is 11.3 Å². The Morgan fingerprint density at radius 2 is 1.72 bits per heavy atom. The molecule has 3 aromatic rings. The highest BCUT2D eigenvalue weighted by Gasteiger charge is 2.39. The molecule has 0 aliphatic carbocycles. The van der Waals surface area contributed by atoms with Crippen LogP contribution in [0.5, 0.6) is 23.1 Å². The van der Waals surface area contributed by atoms with E-state index in [0.29, 0.717) is 34.3 Å². The van der Waals surface area contributed by atoms with Crippen molar-refractivity contribution in [1.29, 1.82) is 5.26 Å². The van der Waals surface area contributed by atoms with Crippen LogP contribution in [0.15, 0.2) is 41.8 Å². The van der Waals surface area contributed by atoms with Crippen LogP contribution in [0, 0.1) is 25.2 Å². The minimum Gasteiger partial charge on any atom is -0.496 e. The van der Waals surface area contributed by atoms with Gasteiger partial charge in [0.15, 0.2) is 0 Å². The molecule has 32 heavy (non-hydrogen) atoms. The van der Waals surface area contributed by atoms with Gasteiger partial charge in [-0.2, -0.15) is 5.26 Å². The maximum Gasteiger partial charge on any atom is 0.244 e. The molecule has 0 fully saturated rings. The van der Waals surface area contributed by atoms with E-state index >= 15 is 0 Å². The Morgan fingerprint density at radius 3 is 2.28 bits per heavy atom. The zero-order valence-corrected chi connectivity index (χ0v) is 18.6. The fourth-order valence-corrected chi connectivity index (χ4v) is 4.15. The van der Waals surface area contributed by atoms with Gasteiger partial charge in [-0.3, -0.25) is 5.10 Å². The standard InChI is InChI=1S/C24H24N4O4/c1-12-6-7-15(13(2)8-12)22-21-19(16(11-25)23(26)32-24(21)28-27-22)20-17(30-4)9-14(29-3)10-18(20)31-5/h6-10,19H,26H2,1-5H3,(H,27,28)/t19-/m0/s1. The molecule has 0 saturated heterocycles. The highest BCUT2D eigenvalue weighted by molar-refractivity contribution is 5.75. The Hall–Kier alpha value is -4.12. The number of aromatic nitrogens is 2. The fourth-order valence-electron chi connectivity index (χ4n) is 4.15. The number of hydrogen-bond acceptors (Lipinski definition) is 7. The molecule has 8 heteroatoms. The first-order chi connectivity index (χ1) is 15.4. The summed E-state index contributed by atoms with van der Waals surface area (Å²) >= 11 is 0. The second kappa shape index (κ2) is 8.19. The van der Waals surface area contributed by atoms with E-state index in [1.54, 1.807) is 33.5 Å². The molecule has 1 atom stereocenters. The molecule has 0 bridgehead atoms. The van der Waals surface area contributed by atoms with Crippen LogP contribution in [0.3, 0.4) is 0 Å². The van der Waals surface area contributed by atoms with Crippen LogP contribution in [0.4, 0.5) is 0 Å². The lowest BCUT2D eigenvalue weighted by Crippen LogP contribution is -2.21. The zero-order chi connectivity index (χ0) is 23.0. The van der Waals surface area contributed by atoms with Crippen LogP contribution >= 0.6 is 0 Å². The third-order valence-corrected chi connectivity index (χ3v) is 5.63. The predicted molar refractivity (Wildman–Crippen MR) is 119 cm³/mol. The number of H-pyrrole nitrogens is 1. The largest absolute Gasteiger partial charge is 0.496 e. The summed E-state index contributed by atoms with van der Waals surface area (Å²) in [6.45, 7) is 4.06. The van der Waals surface area contributed by atoms with Crippen LogP contribution < -0.4 is 24.7 Å². The van der Waals surface area contributed by atoms with Crippen molar-refractivity contribution in [3.8, 4) is 40.5 Å². The van der Waals surface area contributed by atoms with Crippen LogP contribution in [0.1, 0.15) is 28.2 Å². The minimum absolute atomic E-state index is 0.0106. The van der Waals surface area contributed by atoms with Crippen molar-refractivity contribution in [3.05, 3.63) is 64.0 Å². The smallest absolute Gasteiger partial charge is 0.244 e. The number of methoxy groups -OCH3 is 3. The third-order valence-electron chi connectivity index (χ3n) is 5.63. The summed E-state index contributed by atoms with van der Waals surface area (Å²) in [5.74, 6) is 1.21. The van der Waals surface area contributed by atoms with Crippen molar-refractivity contribution in [2.24, 2.45) is 5.73 Å². The van der Waals surface area contributed by atoms with E-state index in [9.17, 15) is 5.26 Å². The number of hydrogen-bond donors (Lipinski definition) is 2. The molecule has 2 heterocycles. The van der Waals surface area contributed by atoms with Crippen molar-refractivity contribution >= 4 is 0 Å². The molecule has 0 radical (unpaired) electrons. The number of nitrogens with one attached hydrogen (secondary N) is 1. The van der Waals surface area contributed by atoms with Gasteiger partial charge in [0.1, 0.15) is 28.9 Å². The van der Waals surface area contributed by atoms with E-state index in [4.69, 9.17) is 24.7 Å². The Morgan fingerprint density at radius 1 is 1.03 bits per heavy atom. The van der Waals surface area contributed by atoms with Crippen LogP contribution in [0.2, 0.25) is 0 Å². The zero-order valence-electron chi connectivity index (χ0n) is 18.6. The third kappa shape index (κ3) is 3.28. The molecule has 0 saturated carbocycles. The van der Waals surface area contributed by atoms with Gasteiger partial charge in [0.2, 0.25) is 11.8 Å². The molecular weight excluding hydrogens is 408 g/mol. The van der Waals surface area contributed by atoms with Gasteiger partial charge >= 0.3 is 0 Å². The molecule has 3 N–H and O–H groups in total. The lowest BCUT2D eigenvalue weighted by atomic mass is 9.81. The summed E-state index contributed by atoms with van der Waals surface area (Å²) in [6, 6.07) is 11.8. The second-order valence-electron chi connectivity index (χ2n) is 7.51. The molecule has 0 spiro atoms. The van der Waals surface area contributed by atoms with Gasteiger partial charge in [0.25, 0.3) is 0 Å². The van der Waals surface area contributed by atoms with E-state index in [-0.39, 0.29) is 11.5 Å². The highest BCUT2D eigenvalue weighted by Crippen LogP contribution is 2.51. The first-order valence-electron chi connectivity index (χ1n) is 9.96. The number of rotatable bonds is 5. The van der Waals surface area contributed by atoms with E-state index in [1.165, 1.54) is 0 Å². The van der Waals surface area contributed by atoms with Crippen LogP contribution in [-0.4, -0.2) is 31.5 Å². The summed E-state index contributed by atoms with van der Waals surface area (Å²) in [5, 5.41) is 17.5. The SMILES string of the molecule is COc1cc(OC)c([C@@H]2C(C#N)=C(N)Oc3n[nH]c(-c4ccc(C)cc4C)c32)c(OC)c1. The summed E-state index contributed by atoms with van der Waals surface area (Å²) in [6.07, 6.45) is 0. The first-order valence-corrected chi connectivity index (χ1v) is 9.96. The van der Waals surface area contributed by atoms with Crippen molar-refractivity contribution < 1.29 is 18.9 Å². The number of ether oxygens (including phenoxy) is 4. The topological polar surface area (TPSA) is 115 Å². The van der Waals surface area contributed by atoms with Gasteiger partial charge in [-0.15, -0.1) is 5.10 Å². The van der Waals surface area contributed by atoms with Crippen molar-refractivity contribution in [2.75, 3.05) is 21.3 Å². The van der Waals surface area contributed by atoms with Crippen molar-refractivity contribution in [3.63, 3.8) is 0 Å². The van der Waals surface area contributed by atoms with Gasteiger partial charge in [0, 0.05) is 23.3 Å². The highest BCUT2D eigenvalue weighted by atomic mass is 16.5. The Kier molecular flexibility index (Phi) is 5.41. The number of nitrogens with two attached hydrogens (primary N) is 1. The van der Waals surface area contributed by atoms with Crippen molar-refractivity contribution in [1.82, 2.24) is 10.2 Å². The molecule has 1 aliphatic heterocycles. The van der Waals surface area contributed by atoms with Crippen molar-refractivity contribution in [2.45, 2.75) is 19.8 Å². The predicted octanol–water partition coefficient (Wildman–Crippen LogP) is 3.94. The van der Waals surface area contributed by atoms with Gasteiger partial charge in [-0.25, -0.2) is 0 Å². The Bertz CT molecular complexity index is 1240. The Labute approximate surface area is 186 Å². The number of fused-ring (bicyclic) bond motifs is 1. The van der Waals surface area contributed by atoms with E-state index in [0.717, 1.165) is 22.4 Å². The molecular formula is C24H24N4O4. The first kappa shape index (κ1) is 21.1. The van der Waals surface area contributed by atoms with Gasteiger partial charge in [0.05, 0.1) is 38.5 Å². The van der Waals surface area contributed by atoms with Gasteiger partial charge in [-0.1, -0.05) is 23.8 Å². The van der Waals surface area contributed by atoms with Gasteiger partial charge in [-0.05, 0) is 19.4 Å². The Balaban J connectivity index is 2.05. The van der Waals surface area contributed by atoms with Gasteiger partial charge < -0.3 is 24.7 Å². The normalized spacial score (nSPS) is 14.9. The average molecular weight is 432 g/mol. The second-order valence-corrected chi connectivity index (χ2v) is 7.51. The summed E-state index contributed by atoms with van der Waals surface area (Å²) in [5.41, 5.74) is 11.6. The number of aromatic amines is 1. The summed E-state index contributed by atoms with van der Waals surface area (Å²) in [4.78, 5) is 0. The van der Waals surface area contributed by atoms with E-state index in [1.807, 2.05) is 26.0 Å². The van der Waals surface area contributed by atoms with Crippen LogP contribution in [-0.2, 0) is 0 Å². The molecule has 1 aromatic heterocycles. The average Bonchev–Trinajstić information content (AvgIpc) is 3.20. The summed E-state index contributed by atoms with van der Waals surface area (Å²) < 4.78 is 22.5. The monoisotopic (exact) mass is 432 g/mol. The number of benzene rings is 2. The lowest BCUT2D eigenvalue weighted by Gasteiger charge is -2.27. The molecule has 164 valence electrons. The molecule has 0 unspecified atom stereocenters. The molecule has 0 amide bonds. The molecule has 4 rings (SSSR count). The number of allylic oxidation sites excluding steroid dienone is 1. The fraction of sp³-hybridized carbons (Fsp3) is 0.250. The number of aryl methyl sites for hydroxylation is 2. The maximum absolute atomic E-state index is 10.0. The maximum atomic E-state index is 10.0. The molecule has 1 aliphatic rings. The number of nitrogens with zero attached hydrogens (tertiary/aromatic N) is 2. The number of nitriles is 1. The quantitative estimate of drug-likeness (QED) is 0.627. The lowest BCUT2D eigenvalue weighted by molar-refractivity contribution is 0.358. The molecule has 8 nitrogen and oxygen atoms in total. The minimum atomic E-state index is -0.631. The summed E-state index contributed by atoms with van der Waals surface area (Å²) in [7, 11) is 4.67. The van der Waals surface area contributed by atoms with E-state index in [2.05, 4.69) is 22.3 Å². The molecule has 2 aromatic carbocycles.